The minimum atomic E-state index is -1.20. The highest BCUT2D eigenvalue weighted by Gasteiger charge is 2.32. The van der Waals surface area contributed by atoms with Crippen LogP contribution >= 0.6 is 0 Å². The van der Waals surface area contributed by atoms with Crippen molar-refractivity contribution in [2.24, 2.45) is 10.2 Å². The molecule has 0 saturated heterocycles. The van der Waals surface area contributed by atoms with E-state index in [1.54, 1.807) is 25.1 Å². The van der Waals surface area contributed by atoms with Gasteiger partial charge in [-0.05, 0) is 36.2 Å². The van der Waals surface area contributed by atoms with Gasteiger partial charge in [0.2, 0.25) is 5.82 Å². The molecule has 2 aromatic carbocycles. The average molecular weight is 462 g/mol. The third-order valence-corrected chi connectivity index (χ3v) is 6.03. The van der Waals surface area contributed by atoms with Crippen LogP contribution in [0.15, 0.2) is 52.7 Å². The smallest absolute Gasteiger partial charge is 0.374 e. The summed E-state index contributed by atoms with van der Waals surface area (Å²) in [6.45, 7) is 1.94. The summed E-state index contributed by atoms with van der Waals surface area (Å²) in [4.78, 5) is 38.0. The number of amides is 2. The maximum Gasteiger partial charge on any atom is 0.374 e. The van der Waals surface area contributed by atoms with Gasteiger partial charge in [-0.3, -0.25) is 14.2 Å². The molecule has 172 valence electrons. The van der Waals surface area contributed by atoms with E-state index in [9.17, 15) is 23.9 Å². The standard InChI is InChI=1S/C23H19FN6O4/c1-12-10-29(11-19-26-27-20(23(33)34)30(12)19)22(32)16-8-13(6-7-17(16)24)9-18-14-4-2-3-5-15(14)21(31)28-25-18/h2-8,12,18H,9-11H2,1H3,(H,33,34). The van der Waals surface area contributed by atoms with E-state index in [0.29, 0.717) is 23.4 Å². The van der Waals surface area contributed by atoms with Crippen LogP contribution in [0.3, 0.4) is 0 Å². The number of fused-ring (bicyclic) bond motifs is 2. The Bertz CT molecular complexity index is 1370. The molecule has 0 aliphatic carbocycles. The Morgan fingerprint density at radius 2 is 1.97 bits per heavy atom. The van der Waals surface area contributed by atoms with Crippen molar-refractivity contribution in [1.29, 1.82) is 0 Å². The SMILES string of the molecule is CC1CN(C(=O)c2cc(CC3N=NC(=O)c4ccccc43)ccc2F)Cc2nnc(C(=O)O)n21. The van der Waals surface area contributed by atoms with Crippen LogP contribution in [-0.4, -0.2) is 49.1 Å². The van der Waals surface area contributed by atoms with Gasteiger partial charge in [-0.15, -0.1) is 15.3 Å². The lowest BCUT2D eigenvalue weighted by atomic mass is 9.93. The fourth-order valence-electron chi connectivity index (χ4n) is 4.46. The number of carboxylic acid groups (broad SMARTS) is 1. The third kappa shape index (κ3) is 3.64. The molecule has 1 aromatic heterocycles. The maximum atomic E-state index is 14.7. The predicted octanol–water partition coefficient (Wildman–Crippen LogP) is 3.22. The number of rotatable bonds is 4. The second-order valence-corrected chi connectivity index (χ2v) is 8.29. The monoisotopic (exact) mass is 462 g/mol. The Hall–Kier alpha value is -4.28. The fraction of sp³-hybridized carbons (Fsp3) is 0.261. The van der Waals surface area contributed by atoms with E-state index in [4.69, 9.17) is 0 Å². The Morgan fingerprint density at radius 3 is 2.76 bits per heavy atom. The van der Waals surface area contributed by atoms with E-state index >= 15 is 0 Å². The van der Waals surface area contributed by atoms with Crippen LogP contribution in [0.4, 0.5) is 4.39 Å². The van der Waals surface area contributed by atoms with Crippen LogP contribution in [0, 0.1) is 5.82 Å². The molecule has 2 atom stereocenters. The van der Waals surface area contributed by atoms with Gasteiger partial charge in [0.15, 0.2) is 5.82 Å². The highest BCUT2D eigenvalue weighted by Crippen LogP contribution is 2.31. The average Bonchev–Trinajstić information content (AvgIpc) is 3.27. The predicted molar refractivity (Wildman–Crippen MR) is 115 cm³/mol. The van der Waals surface area contributed by atoms with Crippen LogP contribution in [0.1, 0.15) is 67.3 Å². The van der Waals surface area contributed by atoms with E-state index in [1.165, 1.54) is 21.6 Å². The zero-order chi connectivity index (χ0) is 24.0. The van der Waals surface area contributed by atoms with Crippen LogP contribution in [-0.2, 0) is 13.0 Å². The normalized spacial score (nSPS) is 19.0. The van der Waals surface area contributed by atoms with Crippen molar-refractivity contribution >= 4 is 17.8 Å². The number of benzene rings is 2. The number of azo groups is 1. The van der Waals surface area contributed by atoms with Gasteiger partial charge in [-0.2, -0.15) is 5.11 Å². The number of carbonyl (C=O) groups is 3. The zero-order valence-corrected chi connectivity index (χ0v) is 18.1. The number of nitrogens with zero attached hydrogens (tertiary/aromatic N) is 6. The number of hydrogen-bond donors (Lipinski definition) is 1. The van der Waals surface area contributed by atoms with Crippen LogP contribution in [0.25, 0.3) is 0 Å². The van der Waals surface area contributed by atoms with Gasteiger partial charge in [-0.1, -0.05) is 24.3 Å². The molecule has 0 saturated carbocycles. The first-order valence-electron chi connectivity index (χ1n) is 10.6. The molecular weight excluding hydrogens is 443 g/mol. The molecule has 1 N–H and O–H groups in total. The molecule has 0 fully saturated rings. The summed E-state index contributed by atoms with van der Waals surface area (Å²) in [5, 5.41) is 24.7. The third-order valence-electron chi connectivity index (χ3n) is 6.03. The lowest BCUT2D eigenvalue weighted by molar-refractivity contribution is 0.0645. The lowest BCUT2D eigenvalue weighted by Gasteiger charge is -2.32. The number of carbonyl (C=O) groups excluding carboxylic acids is 2. The number of hydrogen-bond acceptors (Lipinski definition) is 6. The fourth-order valence-corrected chi connectivity index (χ4v) is 4.46. The lowest BCUT2D eigenvalue weighted by Crippen LogP contribution is -2.41. The Labute approximate surface area is 192 Å². The Balaban J connectivity index is 1.40. The first-order valence-corrected chi connectivity index (χ1v) is 10.6. The van der Waals surface area contributed by atoms with Crippen LogP contribution in [0.2, 0.25) is 0 Å². The van der Waals surface area contributed by atoms with Crippen molar-refractivity contribution in [2.45, 2.75) is 32.0 Å². The van der Waals surface area contributed by atoms with Gasteiger partial charge >= 0.3 is 5.97 Å². The number of aromatic nitrogens is 3. The second-order valence-electron chi connectivity index (χ2n) is 8.29. The van der Waals surface area contributed by atoms with Gasteiger partial charge in [0.25, 0.3) is 11.8 Å². The highest BCUT2D eigenvalue weighted by molar-refractivity contribution is 5.97. The van der Waals surface area contributed by atoms with Crippen molar-refractivity contribution in [3.63, 3.8) is 0 Å². The Kier molecular flexibility index (Phi) is 5.23. The molecule has 0 radical (unpaired) electrons. The summed E-state index contributed by atoms with van der Waals surface area (Å²) in [5.41, 5.74) is 1.78. The van der Waals surface area contributed by atoms with Gasteiger partial charge < -0.3 is 10.0 Å². The van der Waals surface area contributed by atoms with E-state index in [0.717, 1.165) is 5.56 Å². The summed E-state index contributed by atoms with van der Waals surface area (Å²) >= 11 is 0. The first kappa shape index (κ1) is 21.6. The van der Waals surface area contributed by atoms with E-state index < -0.39 is 35.7 Å². The number of halogens is 1. The van der Waals surface area contributed by atoms with Crippen molar-refractivity contribution in [1.82, 2.24) is 19.7 Å². The van der Waals surface area contributed by atoms with E-state index in [2.05, 4.69) is 20.4 Å². The molecule has 3 heterocycles. The topological polar surface area (TPSA) is 130 Å². The molecule has 2 aliphatic heterocycles. The van der Waals surface area contributed by atoms with Crippen LogP contribution < -0.4 is 0 Å². The van der Waals surface area contributed by atoms with Crippen LogP contribution in [0.5, 0.6) is 0 Å². The van der Waals surface area contributed by atoms with Gasteiger partial charge in [0.05, 0.1) is 18.2 Å². The molecular formula is C23H19FN6O4. The summed E-state index contributed by atoms with van der Waals surface area (Å²) in [6.07, 6.45) is 0.334. The van der Waals surface area contributed by atoms with Gasteiger partial charge in [-0.25, -0.2) is 9.18 Å². The minimum absolute atomic E-state index is 0.0133. The molecule has 10 nitrogen and oxygen atoms in total. The number of aromatic carboxylic acids is 1. The maximum absolute atomic E-state index is 14.7. The molecule has 0 spiro atoms. The molecule has 2 aliphatic rings. The summed E-state index contributed by atoms with van der Waals surface area (Å²) in [5.74, 6) is -2.67. The summed E-state index contributed by atoms with van der Waals surface area (Å²) in [7, 11) is 0. The van der Waals surface area contributed by atoms with Gasteiger partial charge in [0.1, 0.15) is 11.9 Å². The number of carboxylic acids is 1. The summed E-state index contributed by atoms with van der Waals surface area (Å²) in [6, 6.07) is 10.5. The molecule has 2 unspecified atom stereocenters. The zero-order valence-electron chi connectivity index (χ0n) is 18.1. The molecule has 11 heteroatoms. The molecule has 0 bridgehead atoms. The first-order chi connectivity index (χ1) is 16.3. The highest BCUT2D eigenvalue weighted by atomic mass is 19.1. The van der Waals surface area contributed by atoms with Crippen molar-refractivity contribution in [3.05, 3.63) is 82.2 Å². The van der Waals surface area contributed by atoms with E-state index in [1.807, 2.05) is 12.1 Å². The molecule has 2 amide bonds. The van der Waals surface area contributed by atoms with Crippen molar-refractivity contribution in [2.75, 3.05) is 6.54 Å². The van der Waals surface area contributed by atoms with Crippen molar-refractivity contribution in [3.8, 4) is 0 Å². The molecule has 34 heavy (non-hydrogen) atoms. The van der Waals surface area contributed by atoms with Crippen molar-refractivity contribution < 1.29 is 23.9 Å². The minimum Gasteiger partial charge on any atom is -0.475 e. The summed E-state index contributed by atoms with van der Waals surface area (Å²) < 4.78 is 16.2. The molecule has 3 aromatic rings. The largest absolute Gasteiger partial charge is 0.475 e. The van der Waals surface area contributed by atoms with Gasteiger partial charge in [0, 0.05) is 18.5 Å². The molecule has 5 rings (SSSR count). The second kappa shape index (κ2) is 8.25. The Morgan fingerprint density at radius 1 is 1.18 bits per heavy atom. The quantitative estimate of drug-likeness (QED) is 0.634. The van der Waals surface area contributed by atoms with E-state index in [-0.39, 0.29) is 24.5 Å².